The van der Waals surface area contributed by atoms with Gasteiger partial charge in [-0.25, -0.2) is 9.40 Å². The molecule has 1 unspecified atom stereocenters. The second kappa shape index (κ2) is 8.96. The van der Waals surface area contributed by atoms with Crippen molar-refractivity contribution in [1.82, 2.24) is 14.5 Å². The summed E-state index contributed by atoms with van der Waals surface area (Å²) in [6, 6.07) is 15.4. The smallest absolute Gasteiger partial charge is 0.274 e. The van der Waals surface area contributed by atoms with Crippen molar-refractivity contribution in [3.8, 4) is 11.3 Å². The van der Waals surface area contributed by atoms with Crippen molar-refractivity contribution < 1.29 is 13.5 Å². The van der Waals surface area contributed by atoms with E-state index in [4.69, 9.17) is 9.84 Å². The fourth-order valence-electron chi connectivity index (χ4n) is 3.75. The van der Waals surface area contributed by atoms with E-state index in [1.807, 2.05) is 48.5 Å². The average molecular weight is 412 g/mol. The van der Waals surface area contributed by atoms with Crippen LogP contribution in [-0.2, 0) is 22.4 Å². The quantitative estimate of drug-likeness (QED) is 0.627. The second-order valence-corrected chi connectivity index (χ2v) is 7.82. The Labute approximate surface area is 171 Å². The summed E-state index contributed by atoms with van der Waals surface area (Å²) in [7, 11) is 0. The molecule has 1 atom stereocenters. The number of rotatable bonds is 6. The molecule has 29 heavy (non-hydrogen) atoms. The summed E-state index contributed by atoms with van der Waals surface area (Å²) >= 11 is -2.27. The zero-order valence-corrected chi connectivity index (χ0v) is 16.7. The van der Waals surface area contributed by atoms with E-state index < -0.39 is 11.3 Å². The first-order valence-electron chi connectivity index (χ1n) is 9.65. The zero-order chi connectivity index (χ0) is 20.2. The van der Waals surface area contributed by atoms with Crippen LogP contribution >= 0.6 is 0 Å². The molecule has 1 aromatic heterocycles. The predicted molar refractivity (Wildman–Crippen MR) is 111 cm³/mol. The Morgan fingerprint density at radius 1 is 1.14 bits per heavy atom. The standard InChI is InChI=1S/C21H23N3O4S/c25-21-19-7-2-1-6-18(19)20(23-24(21)17-9-12-28-13-10-17)16-5-3-4-15(14-16)8-11-22-29(26)27/h1-7,14,17,22H,8-13H2,(H,26,27)/p-1. The molecule has 0 saturated carbocycles. The van der Waals surface area contributed by atoms with Crippen molar-refractivity contribution in [3.05, 3.63) is 64.4 Å². The molecule has 0 bridgehead atoms. The zero-order valence-electron chi connectivity index (χ0n) is 15.9. The van der Waals surface area contributed by atoms with Gasteiger partial charge in [0.25, 0.3) is 5.56 Å². The van der Waals surface area contributed by atoms with Crippen LogP contribution in [0.4, 0.5) is 0 Å². The van der Waals surface area contributed by atoms with E-state index >= 15 is 0 Å². The maximum absolute atomic E-state index is 13.1. The Bertz CT molecular complexity index is 1090. The molecule has 7 nitrogen and oxygen atoms in total. The van der Waals surface area contributed by atoms with Gasteiger partial charge in [0, 0.05) is 42.0 Å². The summed E-state index contributed by atoms with van der Waals surface area (Å²) < 4.78 is 30.8. The molecule has 1 saturated heterocycles. The largest absolute Gasteiger partial charge is 0.760 e. The molecule has 0 amide bonds. The van der Waals surface area contributed by atoms with Crippen LogP contribution in [-0.4, -0.2) is 38.3 Å². The molecule has 8 heteroatoms. The molecule has 4 rings (SSSR count). The molecule has 2 aromatic carbocycles. The van der Waals surface area contributed by atoms with Crippen LogP contribution in [0.15, 0.2) is 53.3 Å². The van der Waals surface area contributed by atoms with Gasteiger partial charge in [0.15, 0.2) is 0 Å². The van der Waals surface area contributed by atoms with E-state index in [9.17, 15) is 13.6 Å². The summed E-state index contributed by atoms with van der Waals surface area (Å²) in [5, 5.41) is 6.25. The van der Waals surface area contributed by atoms with Gasteiger partial charge in [0.1, 0.15) is 0 Å². The van der Waals surface area contributed by atoms with E-state index in [1.54, 1.807) is 4.68 Å². The SMILES string of the molecule is O=c1c2ccccc2c(-c2cccc(CCNS(=O)[O-])c2)nn1C1CCOCC1. The molecular formula is C21H22N3O4S-. The molecule has 3 aromatic rings. The van der Waals surface area contributed by atoms with Gasteiger partial charge in [-0.2, -0.15) is 5.10 Å². The van der Waals surface area contributed by atoms with Crippen LogP contribution < -0.4 is 10.3 Å². The topological polar surface area (TPSA) is 96.3 Å². The first kappa shape index (κ1) is 19.9. The Balaban J connectivity index is 1.78. The molecule has 152 valence electrons. The number of fused-ring (bicyclic) bond motifs is 1. The lowest BCUT2D eigenvalue weighted by Crippen LogP contribution is -2.31. The number of ether oxygens (including phenoxy) is 1. The third-order valence-corrected chi connectivity index (χ3v) is 5.64. The lowest BCUT2D eigenvalue weighted by atomic mass is 10.0. The van der Waals surface area contributed by atoms with Crippen molar-refractivity contribution in [1.29, 1.82) is 0 Å². The number of nitrogens with zero attached hydrogens (tertiary/aromatic N) is 2. The normalized spacial score (nSPS) is 16.2. The van der Waals surface area contributed by atoms with Crippen LogP contribution in [0.3, 0.4) is 0 Å². The highest BCUT2D eigenvalue weighted by Crippen LogP contribution is 2.27. The molecule has 1 N–H and O–H groups in total. The molecule has 1 aliphatic heterocycles. The van der Waals surface area contributed by atoms with Crippen molar-refractivity contribution >= 4 is 22.0 Å². The van der Waals surface area contributed by atoms with E-state index in [0.29, 0.717) is 31.6 Å². The lowest BCUT2D eigenvalue weighted by Gasteiger charge is -2.24. The molecule has 0 spiro atoms. The predicted octanol–water partition coefficient (Wildman–Crippen LogP) is 2.34. The van der Waals surface area contributed by atoms with Crippen LogP contribution in [0.25, 0.3) is 22.0 Å². The first-order valence-corrected chi connectivity index (χ1v) is 10.7. The van der Waals surface area contributed by atoms with Crippen molar-refractivity contribution in [2.75, 3.05) is 19.8 Å². The number of nitrogens with one attached hydrogen (secondary N) is 1. The van der Waals surface area contributed by atoms with Gasteiger partial charge in [0.2, 0.25) is 0 Å². The minimum Gasteiger partial charge on any atom is -0.760 e. The fraction of sp³-hybridized carbons (Fsp3) is 0.333. The van der Waals surface area contributed by atoms with E-state index in [1.165, 1.54) is 0 Å². The van der Waals surface area contributed by atoms with Gasteiger partial charge in [-0.3, -0.25) is 9.00 Å². The maximum Gasteiger partial charge on any atom is 0.274 e. The second-order valence-electron chi connectivity index (χ2n) is 7.07. The summed E-state index contributed by atoms with van der Waals surface area (Å²) in [5.74, 6) is 0. The van der Waals surface area contributed by atoms with E-state index in [2.05, 4.69) is 4.72 Å². The maximum atomic E-state index is 13.1. The Hall–Kier alpha value is -2.39. The number of hydrogen-bond acceptors (Lipinski definition) is 5. The van der Waals surface area contributed by atoms with Gasteiger partial charge in [-0.15, -0.1) is 0 Å². The summed E-state index contributed by atoms with van der Waals surface area (Å²) in [5.41, 5.74) is 2.58. The highest BCUT2D eigenvalue weighted by atomic mass is 32.2. The average Bonchev–Trinajstić information content (AvgIpc) is 2.75. The van der Waals surface area contributed by atoms with Crippen LogP contribution in [0.1, 0.15) is 24.4 Å². The van der Waals surface area contributed by atoms with Gasteiger partial charge in [-0.1, -0.05) is 36.4 Å². The fourth-order valence-corrected chi connectivity index (χ4v) is 4.02. The minimum absolute atomic E-state index is 0.0269. The van der Waals surface area contributed by atoms with Crippen LogP contribution in [0, 0.1) is 0 Å². The lowest BCUT2D eigenvalue weighted by molar-refractivity contribution is 0.0651. The van der Waals surface area contributed by atoms with Gasteiger partial charge >= 0.3 is 0 Å². The summed E-state index contributed by atoms with van der Waals surface area (Å²) in [6.07, 6.45) is 2.10. The monoisotopic (exact) mass is 412 g/mol. The molecule has 0 aliphatic carbocycles. The summed E-state index contributed by atoms with van der Waals surface area (Å²) in [4.78, 5) is 13.1. The third-order valence-electron chi connectivity index (χ3n) is 5.20. The molecule has 1 aliphatic rings. The summed E-state index contributed by atoms with van der Waals surface area (Å²) in [6.45, 7) is 1.59. The number of hydrogen-bond donors (Lipinski definition) is 1. The van der Waals surface area contributed by atoms with Gasteiger partial charge in [0.05, 0.1) is 17.1 Å². The Morgan fingerprint density at radius 3 is 2.66 bits per heavy atom. The first-order chi connectivity index (χ1) is 14.1. The van der Waals surface area contributed by atoms with Gasteiger partial charge in [-0.05, 0) is 37.0 Å². The van der Waals surface area contributed by atoms with Crippen molar-refractivity contribution in [3.63, 3.8) is 0 Å². The minimum atomic E-state index is -2.27. The van der Waals surface area contributed by atoms with Crippen molar-refractivity contribution in [2.45, 2.75) is 25.3 Å². The highest BCUT2D eigenvalue weighted by Gasteiger charge is 2.21. The van der Waals surface area contributed by atoms with E-state index in [0.717, 1.165) is 35.0 Å². The number of benzene rings is 2. The molecule has 0 radical (unpaired) electrons. The highest BCUT2D eigenvalue weighted by molar-refractivity contribution is 7.77. The van der Waals surface area contributed by atoms with Gasteiger partial charge < -0.3 is 9.29 Å². The Morgan fingerprint density at radius 2 is 1.90 bits per heavy atom. The third kappa shape index (κ3) is 4.45. The molecule has 2 heterocycles. The van der Waals surface area contributed by atoms with E-state index in [-0.39, 0.29) is 11.6 Å². The van der Waals surface area contributed by atoms with Crippen LogP contribution in [0.5, 0.6) is 0 Å². The Kier molecular flexibility index (Phi) is 6.15. The molecule has 1 fully saturated rings. The van der Waals surface area contributed by atoms with Crippen molar-refractivity contribution in [2.24, 2.45) is 0 Å². The molecular weight excluding hydrogens is 390 g/mol. The van der Waals surface area contributed by atoms with Crippen LogP contribution in [0.2, 0.25) is 0 Å². The number of aromatic nitrogens is 2.